The average molecular weight is 412 g/mol. The Morgan fingerprint density at radius 3 is 2.46 bits per heavy atom. The molecule has 0 amide bonds. The lowest BCUT2D eigenvalue weighted by Crippen LogP contribution is -2.22. The molecular formula is C17H18BrNO4S. The summed E-state index contributed by atoms with van der Waals surface area (Å²) in [5, 5.41) is 0. The Morgan fingerprint density at radius 1 is 1.17 bits per heavy atom. The summed E-state index contributed by atoms with van der Waals surface area (Å²) in [6.07, 6.45) is 0. The number of aryl methyl sites for hydroxylation is 1. The first-order valence-corrected chi connectivity index (χ1v) is 9.40. The van der Waals surface area contributed by atoms with Gasteiger partial charge in [0, 0.05) is 24.1 Å². The maximum atomic E-state index is 12.4. The molecule has 0 atom stereocenters. The molecule has 0 heterocycles. The van der Waals surface area contributed by atoms with Gasteiger partial charge in [0.2, 0.25) is 10.0 Å². The van der Waals surface area contributed by atoms with Crippen molar-refractivity contribution < 1.29 is 17.9 Å². The number of esters is 1. The molecule has 0 aliphatic rings. The van der Waals surface area contributed by atoms with Gasteiger partial charge in [0.1, 0.15) is 6.61 Å². The van der Waals surface area contributed by atoms with Crippen LogP contribution in [-0.2, 0) is 21.4 Å². The van der Waals surface area contributed by atoms with E-state index < -0.39 is 16.0 Å². The molecule has 0 saturated carbocycles. The van der Waals surface area contributed by atoms with E-state index in [2.05, 4.69) is 15.9 Å². The number of nitrogens with zero attached hydrogens (tertiary/aromatic N) is 1. The first-order chi connectivity index (χ1) is 11.2. The highest BCUT2D eigenvalue weighted by Gasteiger charge is 2.20. The molecule has 128 valence electrons. The summed E-state index contributed by atoms with van der Waals surface area (Å²) in [5.41, 5.74) is 1.73. The molecule has 0 spiro atoms. The third kappa shape index (κ3) is 4.03. The van der Waals surface area contributed by atoms with Crippen LogP contribution in [0.4, 0.5) is 0 Å². The second-order valence-electron chi connectivity index (χ2n) is 5.43. The Balaban J connectivity index is 2.25. The maximum Gasteiger partial charge on any atom is 0.338 e. The van der Waals surface area contributed by atoms with Crippen molar-refractivity contribution in [2.75, 3.05) is 14.1 Å². The second kappa shape index (κ2) is 7.46. The molecule has 2 rings (SSSR count). The van der Waals surface area contributed by atoms with Crippen LogP contribution in [-0.4, -0.2) is 32.8 Å². The highest BCUT2D eigenvalue weighted by atomic mass is 79.9. The van der Waals surface area contributed by atoms with Crippen molar-refractivity contribution in [3.05, 3.63) is 63.6 Å². The molecule has 0 aliphatic carbocycles. The van der Waals surface area contributed by atoms with Crippen LogP contribution >= 0.6 is 15.9 Å². The SMILES string of the molecule is Cc1ccc(S(=O)(=O)N(C)C)cc1C(=O)OCc1ccccc1Br. The van der Waals surface area contributed by atoms with Gasteiger partial charge in [-0.1, -0.05) is 40.2 Å². The number of hydrogen-bond acceptors (Lipinski definition) is 4. The lowest BCUT2D eigenvalue weighted by Gasteiger charge is -2.13. The van der Waals surface area contributed by atoms with Crippen molar-refractivity contribution in [2.24, 2.45) is 0 Å². The van der Waals surface area contributed by atoms with Crippen LogP contribution in [0, 0.1) is 6.92 Å². The monoisotopic (exact) mass is 411 g/mol. The minimum atomic E-state index is -3.61. The van der Waals surface area contributed by atoms with Crippen molar-refractivity contribution in [1.29, 1.82) is 0 Å². The smallest absolute Gasteiger partial charge is 0.338 e. The fourth-order valence-corrected chi connectivity index (χ4v) is 3.36. The van der Waals surface area contributed by atoms with E-state index in [9.17, 15) is 13.2 Å². The van der Waals surface area contributed by atoms with Gasteiger partial charge in [0.15, 0.2) is 0 Å². The van der Waals surface area contributed by atoms with E-state index in [1.165, 1.54) is 26.2 Å². The lowest BCUT2D eigenvalue weighted by atomic mass is 10.1. The molecule has 0 bridgehead atoms. The summed E-state index contributed by atoms with van der Waals surface area (Å²) in [5.74, 6) is -0.556. The summed E-state index contributed by atoms with van der Waals surface area (Å²) in [6, 6.07) is 11.9. The summed E-state index contributed by atoms with van der Waals surface area (Å²) in [6.45, 7) is 1.84. The summed E-state index contributed by atoms with van der Waals surface area (Å²) >= 11 is 3.39. The number of carbonyl (C=O) groups excluding carboxylic acids is 1. The summed E-state index contributed by atoms with van der Waals surface area (Å²) < 4.78 is 31.7. The van der Waals surface area contributed by atoms with Crippen molar-refractivity contribution in [2.45, 2.75) is 18.4 Å². The molecule has 7 heteroatoms. The van der Waals surface area contributed by atoms with E-state index in [0.717, 1.165) is 14.3 Å². The molecule has 0 aliphatic heterocycles. The highest BCUT2D eigenvalue weighted by Crippen LogP contribution is 2.21. The topological polar surface area (TPSA) is 63.7 Å². The van der Waals surface area contributed by atoms with Crippen LogP contribution in [0.5, 0.6) is 0 Å². The van der Waals surface area contributed by atoms with Crippen molar-refractivity contribution in [1.82, 2.24) is 4.31 Å². The lowest BCUT2D eigenvalue weighted by molar-refractivity contribution is 0.0471. The fourth-order valence-electron chi connectivity index (χ4n) is 2.03. The predicted molar refractivity (Wildman–Crippen MR) is 95.3 cm³/mol. The Kier molecular flexibility index (Phi) is 5.79. The molecule has 0 N–H and O–H groups in total. The third-order valence-electron chi connectivity index (χ3n) is 3.52. The van der Waals surface area contributed by atoms with Crippen LogP contribution in [0.1, 0.15) is 21.5 Å². The largest absolute Gasteiger partial charge is 0.457 e. The van der Waals surface area contributed by atoms with E-state index in [0.29, 0.717) is 5.56 Å². The normalized spacial score (nSPS) is 11.5. The number of hydrogen-bond donors (Lipinski definition) is 0. The van der Waals surface area contributed by atoms with Gasteiger partial charge in [-0.3, -0.25) is 0 Å². The van der Waals surface area contributed by atoms with Crippen molar-refractivity contribution in [3.63, 3.8) is 0 Å². The molecule has 2 aromatic carbocycles. The van der Waals surface area contributed by atoms with Crippen molar-refractivity contribution in [3.8, 4) is 0 Å². The van der Waals surface area contributed by atoms with Crippen LogP contribution in [0.2, 0.25) is 0 Å². The van der Waals surface area contributed by atoms with Gasteiger partial charge in [0.25, 0.3) is 0 Å². The quantitative estimate of drug-likeness (QED) is 0.707. The molecule has 2 aromatic rings. The molecule has 0 aromatic heterocycles. The number of halogens is 1. The Bertz CT molecular complexity index is 863. The third-order valence-corrected chi connectivity index (χ3v) is 6.11. The minimum Gasteiger partial charge on any atom is -0.457 e. The number of ether oxygens (including phenoxy) is 1. The molecule has 0 radical (unpaired) electrons. The number of carbonyl (C=O) groups is 1. The van der Waals surface area contributed by atoms with Crippen LogP contribution in [0.15, 0.2) is 51.8 Å². The van der Waals surface area contributed by atoms with Crippen molar-refractivity contribution >= 4 is 31.9 Å². The second-order valence-corrected chi connectivity index (χ2v) is 8.44. The number of sulfonamides is 1. The zero-order chi connectivity index (χ0) is 17.9. The van der Waals surface area contributed by atoms with Gasteiger partial charge in [-0.25, -0.2) is 17.5 Å². The van der Waals surface area contributed by atoms with E-state index in [4.69, 9.17) is 4.74 Å². The molecule has 0 fully saturated rings. The van der Waals surface area contributed by atoms with Gasteiger partial charge in [-0.05, 0) is 30.7 Å². The first kappa shape index (κ1) is 18.6. The molecule has 0 unspecified atom stereocenters. The van der Waals surface area contributed by atoms with Gasteiger partial charge in [-0.2, -0.15) is 0 Å². The average Bonchev–Trinajstić information content (AvgIpc) is 2.54. The summed E-state index contributed by atoms with van der Waals surface area (Å²) in [4.78, 5) is 12.4. The van der Waals surface area contributed by atoms with Gasteiger partial charge >= 0.3 is 5.97 Å². The van der Waals surface area contributed by atoms with E-state index >= 15 is 0 Å². The number of rotatable bonds is 5. The first-order valence-electron chi connectivity index (χ1n) is 7.17. The van der Waals surface area contributed by atoms with E-state index in [-0.39, 0.29) is 17.1 Å². The van der Waals surface area contributed by atoms with Crippen LogP contribution in [0.3, 0.4) is 0 Å². The highest BCUT2D eigenvalue weighted by molar-refractivity contribution is 9.10. The Labute approximate surface area is 150 Å². The summed E-state index contributed by atoms with van der Waals surface area (Å²) in [7, 11) is -0.716. The Hall–Kier alpha value is -1.70. The van der Waals surface area contributed by atoms with Crippen LogP contribution in [0.25, 0.3) is 0 Å². The van der Waals surface area contributed by atoms with E-state index in [1.807, 2.05) is 24.3 Å². The predicted octanol–water partition coefficient (Wildman–Crippen LogP) is 3.36. The van der Waals surface area contributed by atoms with Gasteiger partial charge < -0.3 is 4.74 Å². The molecule has 24 heavy (non-hydrogen) atoms. The van der Waals surface area contributed by atoms with Crippen LogP contribution < -0.4 is 0 Å². The molecule has 5 nitrogen and oxygen atoms in total. The minimum absolute atomic E-state index is 0.0611. The van der Waals surface area contributed by atoms with Gasteiger partial charge in [-0.15, -0.1) is 0 Å². The molecule has 0 saturated heterocycles. The van der Waals surface area contributed by atoms with Gasteiger partial charge in [0.05, 0.1) is 10.5 Å². The molecular weight excluding hydrogens is 394 g/mol. The Morgan fingerprint density at radius 2 is 1.83 bits per heavy atom. The zero-order valence-corrected chi connectivity index (χ0v) is 16.0. The standard InChI is InChI=1S/C17H18BrNO4S/c1-12-8-9-14(24(21,22)19(2)3)10-15(12)17(20)23-11-13-6-4-5-7-16(13)18/h4-10H,11H2,1-3H3. The van der Waals surface area contributed by atoms with E-state index in [1.54, 1.807) is 13.0 Å². The number of benzene rings is 2. The maximum absolute atomic E-state index is 12.4. The zero-order valence-electron chi connectivity index (χ0n) is 13.6. The fraction of sp³-hybridized carbons (Fsp3) is 0.235.